The van der Waals surface area contributed by atoms with Gasteiger partial charge in [0.25, 0.3) is 5.91 Å². The SMILES string of the molecule is CN(Cc1ccccc1)C(=O)c1cc(Nc2cc(Cl)cc(Cl)c2)ncn1. The minimum atomic E-state index is -0.191. The molecule has 5 nitrogen and oxygen atoms in total. The molecule has 26 heavy (non-hydrogen) atoms. The molecule has 3 aromatic rings. The van der Waals surface area contributed by atoms with Crippen LogP contribution >= 0.6 is 23.2 Å². The maximum Gasteiger partial charge on any atom is 0.272 e. The summed E-state index contributed by atoms with van der Waals surface area (Å²) in [6, 6.07) is 16.4. The number of nitrogens with zero attached hydrogens (tertiary/aromatic N) is 3. The predicted octanol–water partition coefficient (Wildman–Crippen LogP) is 4.80. The summed E-state index contributed by atoms with van der Waals surface area (Å²) in [4.78, 5) is 22.5. The average molecular weight is 387 g/mol. The second kappa shape index (κ2) is 8.17. The van der Waals surface area contributed by atoms with E-state index in [1.54, 1.807) is 36.2 Å². The first-order valence-electron chi connectivity index (χ1n) is 7.86. The molecule has 1 heterocycles. The zero-order chi connectivity index (χ0) is 18.5. The molecule has 0 aliphatic carbocycles. The van der Waals surface area contributed by atoms with Crippen LogP contribution < -0.4 is 5.32 Å². The second-order valence-corrected chi connectivity index (χ2v) is 6.59. The van der Waals surface area contributed by atoms with Gasteiger partial charge in [-0.3, -0.25) is 4.79 Å². The highest BCUT2D eigenvalue weighted by molar-refractivity contribution is 6.35. The van der Waals surface area contributed by atoms with Gasteiger partial charge in [-0.2, -0.15) is 0 Å². The second-order valence-electron chi connectivity index (χ2n) is 5.72. The molecule has 7 heteroatoms. The minimum absolute atomic E-state index is 0.191. The van der Waals surface area contributed by atoms with Crippen molar-refractivity contribution < 1.29 is 4.79 Å². The highest BCUT2D eigenvalue weighted by atomic mass is 35.5. The van der Waals surface area contributed by atoms with Gasteiger partial charge in [0.05, 0.1) is 0 Å². The van der Waals surface area contributed by atoms with Gasteiger partial charge in [0.1, 0.15) is 17.8 Å². The van der Waals surface area contributed by atoms with E-state index < -0.39 is 0 Å². The monoisotopic (exact) mass is 386 g/mol. The van der Waals surface area contributed by atoms with E-state index in [-0.39, 0.29) is 5.91 Å². The molecule has 0 bridgehead atoms. The molecule has 1 N–H and O–H groups in total. The Bertz CT molecular complexity index is 898. The predicted molar refractivity (Wildman–Crippen MR) is 104 cm³/mol. The van der Waals surface area contributed by atoms with Crippen LogP contribution in [-0.2, 0) is 6.54 Å². The van der Waals surface area contributed by atoms with Gasteiger partial charge in [-0.05, 0) is 23.8 Å². The van der Waals surface area contributed by atoms with Crippen molar-refractivity contribution >= 4 is 40.6 Å². The quantitative estimate of drug-likeness (QED) is 0.683. The molecule has 0 spiro atoms. The Balaban J connectivity index is 1.74. The van der Waals surface area contributed by atoms with E-state index in [2.05, 4.69) is 15.3 Å². The first-order chi connectivity index (χ1) is 12.5. The number of rotatable bonds is 5. The van der Waals surface area contributed by atoms with E-state index in [1.807, 2.05) is 30.3 Å². The highest BCUT2D eigenvalue weighted by Crippen LogP contribution is 2.24. The van der Waals surface area contributed by atoms with Crippen molar-refractivity contribution in [3.8, 4) is 0 Å². The van der Waals surface area contributed by atoms with Gasteiger partial charge in [-0.1, -0.05) is 53.5 Å². The van der Waals surface area contributed by atoms with Gasteiger partial charge in [0, 0.05) is 35.4 Å². The van der Waals surface area contributed by atoms with E-state index in [9.17, 15) is 4.79 Å². The Labute approximate surface area is 161 Å². The van der Waals surface area contributed by atoms with Crippen molar-refractivity contribution in [1.29, 1.82) is 0 Å². The van der Waals surface area contributed by atoms with Crippen LogP contribution in [0, 0.1) is 0 Å². The van der Waals surface area contributed by atoms with E-state index in [0.29, 0.717) is 33.8 Å². The molecule has 0 saturated carbocycles. The number of amides is 1. The molecular weight excluding hydrogens is 371 g/mol. The maximum absolute atomic E-state index is 12.6. The third-order valence-electron chi connectivity index (χ3n) is 3.63. The number of carbonyl (C=O) groups is 1. The van der Waals surface area contributed by atoms with Crippen LogP contribution in [0.2, 0.25) is 10.0 Å². The Hall–Kier alpha value is -2.63. The molecule has 0 unspecified atom stereocenters. The summed E-state index contributed by atoms with van der Waals surface area (Å²) < 4.78 is 0. The molecule has 3 rings (SSSR count). The Kier molecular flexibility index (Phi) is 5.71. The number of aromatic nitrogens is 2. The van der Waals surface area contributed by atoms with Crippen molar-refractivity contribution in [2.75, 3.05) is 12.4 Å². The minimum Gasteiger partial charge on any atom is -0.340 e. The van der Waals surface area contributed by atoms with Crippen molar-refractivity contribution in [3.63, 3.8) is 0 Å². The summed E-state index contributed by atoms with van der Waals surface area (Å²) in [5, 5.41) is 4.09. The number of hydrogen-bond donors (Lipinski definition) is 1. The topological polar surface area (TPSA) is 58.1 Å². The summed E-state index contributed by atoms with van der Waals surface area (Å²) in [6.45, 7) is 0.496. The van der Waals surface area contributed by atoms with Crippen molar-refractivity contribution in [2.24, 2.45) is 0 Å². The zero-order valence-electron chi connectivity index (χ0n) is 14.0. The van der Waals surface area contributed by atoms with Crippen LogP contribution in [0.25, 0.3) is 0 Å². The average Bonchev–Trinajstić information content (AvgIpc) is 2.61. The van der Waals surface area contributed by atoms with E-state index in [4.69, 9.17) is 23.2 Å². The largest absolute Gasteiger partial charge is 0.340 e. The number of hydrogen-bond acceptors (Lipinski definition) is 4. The molecule has 0 aliphatic heterocycles. The zero-order valence-corrected chi connectivity index (χ0v) is 15.5. The van der Waals surface area contributed by atoms with Crippen LogP contribution in [0.15, 0.2) is 60.9 Å². The first-order valence-corrected chi connectivity index (χ1v) is 8.61. The maximum atomic E-state index is 12.6. The fourth-order valence-corrected chi connectivity index (χ4v) is 2.97. The Morgan fingerprint density at radius 3 is 2.42 bits per heavy atom. The number of benzene rings is 2. The van der Waals surface area contributed by atoms with E-state index in [1.165, 1.54) is 6.33 Å². The Morgan fingerprint density at radius 2 is 1.73 bits per heavy atom. The third-order valence-corrected chi connectivity index (χ3v) is 4.07. The van der Waals surface area contributed by atoms with E-state index in [0.717, 1.165) is 5.56 Å². The van der Waals surface area contributed by atoms with Crippen molar-refractivity contribution in [2.45, 2.75) is 6.54 Å². The molecule has 0 fully saturated rings. The number of nitrogens with one attached hydrogen (secondary N) is 1. The number of anilines is 2. The van der Waals surface area contributed by atoms with E-state index >= 15 is 0 Å². The summed E-state index contributed by atoms with van der Waals surface area (Å²) in [6.07, 6.45) is 1.35. The standard InChI is InChI=1S/C19H16Cl2N4O/c1-25(11-13-5-3-2-4-6-13)19(26)17-10-18(23-12-22-17)24-16-8-14(20)7-15(21)9-16/h2-10,12H,11H2,1H3,(H,22,23,24). The molecule has 1 aromatic heterocycles. The van der Waals surface area contributed by atoms with Gasteiger partial charge in [-0.15, -0.1) is 0 Å². The van der Waals surface area contributed by atoms with Crippen LogP contribution in [0.1, 0.15) is 16.1 Å². The summed E-state index contributed by atoms with van der Waals surface area (Å²) >= 11 is 12.0. The van der Waals surface area contributed by atoms with Crippen LogP contribution in [0.5, 0.6) is 0 Å². The Morgan fingerprint density at radius 1 is 1.04 bits per heavy atom. The fraction of sp³-hybridized carbons (Fsp3) is 0.105. The van der Waals surface area contributed by atoms with Crippen LogP contribution in [0.3, 0.4) is 0 Å². The van der Waals surface area contributed by atoms with Gasteiger partial charge in [0.2, 0.25) is 0 Å². The molecule has 132 valence electrons. The number of carbonyl (C=O) groups excluding carboxylic acids is 1. The normalized spacial score (nSPS) is 10.4. The molecular formula is C19H16Cl2N4O. The van der Waals surface area contributed by atoms with Crippen molar-refractivity contribution in [3.05, 3.63) is 82.2 Å². The van der Waals surface area contributed by atoms with Gasteiger partial charge in [0.15, 0.2) is 0 Å². The molecule has 0 atom stereocenters. The molecule has 2 aromatic carbocycles. The van der Waals surface area contributed by atoms with Gasteiger partial charge < -0.3 is 10.2 Å². The molecule has 0 saturated heterocycles. The van der Waals surface area contributed by atoms with Crippen LogP contribution in [-0.4, -0.2) is 27.8 Å². The summed E-state index contributed by atoms with van der Waals surface area (Å²) in [7, 11) is 1.74. The lowest BCUT2D eigenvalue weighted by molar-refractivity contribution is 0.0779. The van der Waals surface area contributed by atoms with Gasteiger partial charge >= 0.3 is 0 Å². The fourth-order valence-electron chi connectivity index (χ4n) is 2.44. The lowest BCUT2D eigenvalue weighted by Gasteiger charge is -2.17. The molecule has 0 radical (unpaired) electrons. The lowest BCUT2D eigenvalue weighted by Crippen LogP contribution is -2.27. The summed E-state index contributed by atoms with van der Waals surface area (Å²) in [5.41, 5.74) is 2.02. The third kappa shape index (κ3) is 4.71. The first kappa shape index (κ1) is 18.2. The van der Waals surface area contributed by atoms with Gasteiger partial charge in [-0.25, -0.2) is 9.97 Å². The number of halogens is 2. The lowest BCUT2D eigenvalue weighted by atomic mass is 10.2. The molecule has 1 amide bonds. The van der Waals surface area contributed by atoms with Crippen molar-refractivity contribution in [1.82, 2.24) is 14.9 Å². The summed E-state index contributed by atoms with van der Waals surface area (Å²) in [5.74, 6) is 0.290. The smallest absolute Gasteiger partial charge is 0.272 e. The highest BCUT2D eigenvalue weighted by Gasteiger charge is 2.14. The molecule has 0 aliphatic rings. The van der Waals surface area contributed by atoms with Crippen LogP contribution in [0.4, 0.5) is 11.5 Å².